The number of aliphatic hydroxyl groups is 1. The zero-order chi connectivity index (χ0) is 17.3. The monoisotopic (exact) mass is 346 g/mol. The molecule has 23 heavy (non-hydrogen) atoms. The molecule has 0 unspecified atom stereocenters. The molecule has 1 aliphatic rings. The van der Waals surface area contributed by atoms with Gasteiger partial charge in [0.05, 0.1) is 12.2 Å². The van der Waals surface area contributed by atoms with E-state index in [0.29, 0.717) is 6.61 Å². The molecule has 0 bridgehead atoms. The Kier molecular flexibility index (Phi) is 9.30. The standard InChI is InChI=1S/C18H38O4Si/c1-6-10-11-13-18(5,15-16-12-14-20-17(16)19)21-22-23(7-2,8-3)9-4/h16-17,19H,6-15H2,1-5H3/t16-,17-,18+/m0/s1. The van der Waals surface area contributed by atoms with Crippen LogP contribution in [0.5, 0.6) is 0 Å². The molecule has 0 aromatic rings. The third-order valence-electron chi connectivity index (χ3n) is 5.54. The topological polar surface area (TPSA) is 47.9 Å². The fraction of sp³-hybridized carbons (Fsp3) is 1.00. The number of hydrogen-bond acceptors (Lipinski definition) is 4. The van der Waals surface area contributed by atoms with Crippen LogP contribution in [0.4, 0.5) is 0 Å². The molecular formula is C18H38O4Si. The predicted octanol–water partition coefficient (Wildman–Crippen LogP) is 5.02. The Morgan fingerprint density at radius 2 is 1.78 bits per heavy atom. The summed E-state index contributed by atoms with van der Waals surface area (Å²) < 4.78 is 11.4. The highest BCUT2D eigenvalue weighted by atomic mass is 28.4. The molecular weight excluding hydrogens is 308 g/mol. The number of hydrogen-bond donors (Lipinski definition) is 1. The minimum Gasteiger partial charge on any atom is -0.368 e. The lowest BCUT2D eigenvalue weighted by Crippen LogP contribution is -2.42. The Labute approximate surface area is 144 Å². The van der Waals surface area contributed by atoms with Crippen LogP contribution in [0.25, 0.3) is 0 Å². The van der Waals surface area contributed by atoms with Crippen molar-refractivity contribution in [2.24, 2.45) is 5.92 Å². The fourth-order valence-corrected chi connectivity index (χ4v) is 5.65. The second-order valence-electron chi connectivity index (χ2n) is 7.33. The van der Waals surface area contributed by atoms with Gasteiger partial charge in [-0.15, -0.1) is 0 Å². The summed E-state index contributed by atoms with van der Waals surface area (Å²) in [6, 6.07) is 3.25. The molecule has 0 amide bonds. The minimum atomic E-state index is -1.76. The van der Waals surface area contributed by atoms with Crippen molar-refractivity contribution in [3.63, 3.8) is 0 Å². The number of rotatable bonds is 12. The van der Waals surface area contributed by atoms with Crippen molar-refractivity contribution in [2.75, 3.05) is 6.61 Å². The van der Waals surface area contributed by atoms with Gasteiger partial charge in [0, 0.05) is 5.92 Å². The van der Waals surface area contributed by atoms with Crippen LogP contribution in [0.2, 0.25) is 18.1 Å². The highest BCUT2D eigenvalue weighted by molar-refractivity contribution is 6.73. The van der Waals surface area contributed by atoms with Crippen LogP contribution in [0.1, 0.15) is 73.1 Å². The van der Waals surface area contributed by atoms with Crippen molar-refractivity contribution in [3.8, 4) is 0 Å². The number of aliphatic hydroxyl groups excluding tert-OH is 1. The van der Waals surface area contributed by atoms with E-state index in [-0.39, 0.29) is 11.5 Å². The van der Waals surface area contributed by atoms with Gasteiger partial charge in [0.15, 0.2) is 6.29 Å². The van der Waals surface area contributed by atoms with E-state index < -0.39 is 14.6 Å². The maximum Gasteiger partial charge on any atom is 0.238 e. The Morgan fingerprint density at radius 1 is 1.13 bits per heavy atom. The average Bonchev–Trinajstić information content (AvgIpc) is 2.94. The normalized spacial score (nSPS) is 24.8. The SMILES string of the molecule is CCCCC[C@](C)(C[C@@H]1CCO[C@@H]1O)OO[Si](CC)(CC)CC. The Morgan fingerprint density at radius 3 is 2.26 bits per heavy atom. The Bertz CT molecular complexity index is 314. The molecule has 1 fully saturated rings. The molecule has 0 aromatic heterocycles. The molecule has 1 N–H and O–H groups in total. The summed E-state index contributed by atoms with van der Waals surface area (Å²) in [5.41, 5.74) is -0.327. The molecule has 1 rings (SSSR count). The highest BCUT2D eigenvalue weighted by Gasteiger charge is 2.39. The molecule has 0 radical (unpaired) electrons. The molecule has 1 aliphatic heterocycles. The van der Waals surface area contributed by atoms with Gasteiger partial charge in [-0.1, -0.05) is 47.0 Å². The van der Waals surface area contributed by atoms with Crippen LogP contribution < -0.4 is 0 Å². The van der Waals surface area contributed by atoms with Crippen molar-refractivity contribution < 1.29 is 19.3 Å². The van der Waals surface area contributed by atoms with E-state index in [2.05, 4.69) is 34.6 Å². The summed E-state index contributed by atoms with van der Waals surface area (Å²) in [4.78, 5) is 6.12. The smallest absolute Gasteiger partial charge is 0.238 e. The first-order chi connectivity index (χ1) is 10.9. The second-order valence-corrected chi connectivity index (χ2v) is 12.0. The third kappa shape index (κ3) is 6.46. The second kappa shape index (κ2) is 10.1. The van der Waals surface area contributed by atoms with E-state index in [1.165, 1.54) is 12.8 Å². The van der Waals surface area contributed by atoms with Crippen molar-refractivity contribution >= 4 is 8.32 Å². The van der Waals surface area contributed by atoms with Crippen molar-refractivity contribution in [3.05, 3.63) is 0 Å². The van der Waals surface area contributed by atoms with E-state index in [1.54, 1.807) is 0 Å². The van der Waals surface area contributed by atoms with Gasteiger partial charge >= 0.3 is 0 Å². The minimum absolute atomic E-state index is 0.158. The summed E-state index contributed by atoms with van der Waals surface area (Å²) in [5, 5.41) is 9.98. The lowest BCUT2D eigenvalue weighted by molar-refractivity contribution is -0.307. The van der Waals surface area contributed by atoms with E-state index in [1.807, 2.05) is 0 Å². The van der Waals surface area contributed by atoms with Gasteiger partial charge in [-0.25, -0.2) is 4.89 Å². The summed E-state index contributed by atoms with van der Waals surface area (Å²) in [5.74, 6) is 0.158. The van der Waals surface area contributed by atoms with Gasteiger partial charge in [-0.2, -0.15) is 0 Å². The van der Waals surface area contributed by atoms with Crippen LogP contribution in [-0.4, -0.2) is 31.9 Å². The molecule has 0 saturated carbocycles. The molecule has 1 saturated heterocycles. The van der Waals surface area contributed by atoms with Crippen molar-refractivity contribution in [2.45, 2.75) is 103 Å². The van der Waals surface area contributed by atoms with Crippen LogP contribution in [0, 0.1) is 5.92 Å². The first kappa shape index (κ1) is 21.1. The van der Waals surface area contributed by atoms with Gasteiger partial charge in [-0.3, -0.25) is 4.58 Å². The lowest BCUT2D eigenvalue weighted by atomic mass is 9.86. The van der Waals surface area contributed by atoms with Gasteiger partial charge in [0.25, 0.3) is 0 Å². The number of ether oxygens (including phenoxy) is 1. The largest absolute Gasteiger partial charge is 0.368 e. The summed E-state index contributed by atoms with van der Waals surface area (Å²) in [6.07, 6.45) is 5.59. The van der Waals surface area contributed by atoms with Crippen molar-refractivity contribution in [1.29, 1.82) is 0 Å². The predicted molar refractivity (Wildman–Crippen MR) is 96.6 cm³/mol. The van der Waals surface area contributed by atoms with Gasteiger partial charge < -0.3 is 9.84 Å². The van der Waals surface area contributed by atoms with E-state index in [4.69, 9.17) is 14.2 Å². The van der Waals surface area contributed by atoms with Crippen LogP contribution in [0.3, 0.4) is 0 Å². The maximum absolute atomic E-state index is 9.98. The molecule has 0 spiro atoms. The average molecular weight is 347 g/mol. The molecule has 1 heterocycles. The molecule has 5 heteroatoms. The van der Waals surface area contributed by atoms with Crippen LogP contribution in [-0.2, 0) is 14.2 Å². The summed E-state index contributed by atoms with van der Waals surface area (Å²) in [6.45, 7) is 11.7. The highest BCUT2D eigenvalue weighted by Crippen LogP contribution is 2.35. The molecule has 0 aromatic carbocycles. The zero-order valence-corrected chi connectivity index (χ0v) is 16.9. The third-order valence-corrected chi connectivity index (χ3v) is 9.84. The summed E-state index contributed by atoms with van der Waals surface area (Å²) in [7, 11) is -1.76. The fourth-order valence-electron chi connectivity index (χ4n) is 3.42. The van der Waals surface area contributed by atoms with Gasteiger partial charge in [-0.05, 0) is 44.3 Å². The van der Waals surface area contributed by atoms with Crippen LogP contribution >= 0.6 is 0 Å². The summed E-state index contributed by atoms with van der Waals surface area (Å²) >= 11 is 0. The molecule has 3 atom stereocenters. The van der Waals surface area contributed by atoms with E-state index >= 15 is 0 Å². The molecule has 4 nitrogen and oxygen atoms in total. The molecule has 138 valence electrons. The number of unbranched alkanes of at least 4 members (excludes halogenated alkanes) is 2. The molecule has 0 aliphatic carbocycles. The van der Waals surface area contributed by atoms with E-state index in [0.717, 1.165) is 43.8 Å². The maximum atomic E-state index is 9.98. The van der Waals surface area contributed by atoms with Crippen molar-refractivity contribution in [1.82, 2.24) is 0 Å². The lowest BCUT2D eigenvalue weighted by Gasteiger charge is -2.36. The van der Waals surface area contributed by atoms with E-state index in [9.17, 15) is 5.11 Å². The first-order valence-corrected chi connectivity index (χ1v) is 12.1. The first-order valence-electron chi connectivity index (χ1n) is 9.60. The zero-order valence-electron chi connectivity index (χ0n) is 15.9. The Balaban J connectivity index is 2.69. The van der Waals surface area contributed by atoms with Gasteiger partial charge in [0.1, 0.15) is 0 Å². The van der Waals surface area contributed by atoms with Crippen LogP contribution in [0.15, 0.2) is 0 Å². The van der Waals surface area contributed by atoms with Gasteiger partial charge in [0.2, 0.25) is 8.32 Å². The Hall–Kier alpha value is 0.0569. The quantitative estimate of drug-likeness (QED) is 0.233.